The molecule has 2 aliphatic rings. The maximum atomic E-state index is 13.2. The van der Waals surface area contributed by atoms with Crippen molar-refractivity contribution >= 4 is 28.8 Å². The van der Waals surface area contributed by atoms with E-state index in [9.17, 15) is 14.7 Å². The summed E-state index contributed by atoms with van der Waals surface area (Å²) in [6.45, 7) is 6.62. The number of carbonyl (C=O) groups is 2. The number of hydrogen-bond donors (Lipinski definition) is 1. The summed E-state index contributed by atoms with van der Waals surface area (Å²) in [4.78, 5) is 29.1. The van der Waals surface area contributed by atoms with Gasteiger partial charge in [-0.05, 0) is 60.9 Å². The normalized spacial score (nSPS) is 21.5. The number of hydrogen-bond acceptors (Lipinski definition) is 5. The summed E-state index contributed by atoms with van der Waals surface area (Å²) < 4.78 is 5.75. The van der Waals surface area contributed by atoms with Gasteiger partial charge in [0, 0.05) is 16.5 Å². The van der Waals surface area contributed by atoms with Crippen molar-refractivity contribution in [3.8, 4) is 5.75 Å². The first-order valence-electron chi connectivity index (χ1n) is 11.5. The highest BCUT2D eigenvalue weighted by Crippen LogP contribution is 2.44. The number of carbonyl (C=O) groups excluding carboxylic acids is 2. The smallest absolute Gasteiger partial charge is 0.295 e. The minimum Gasteiger partial charge on any atom is -0.507 e. The van der Waals surface area contributed by atoms with Crippen molar-refractivity contribution in [2.24, 2.45) is 0 Å². The number of Topliss-reactive ketones (excluding diaryl/α,β-unsaturated/α-hetero) is 1. The molecule has 2 aromatic rings. The molecule has 6 heteroatoms. The maximum Gasteiger partial charge on any atom is 0.295 e. The van der Waals surface area contributed by atoms with Gasteiger partial charge in [-0.15, -0.1) is 11.3 Å². The van der Waals surface area contributed by atoms with Gasteiger partial charge in [0.25, 0.3) is 11.7 Å². The predicted molar refractivity (Wildman–Crippen MR) is 127 cm³/mol. The highest BCUT2D eigenvalue weighted by molar-refractivity contribution is 7.10. The number of amides is 1. The Bertz CT molecular complexity index is 1020. The summed E-state index contributed by atoms with van der Waals surface area (Å²) in [7, 11) is 0. The second-order valence-electron chi connectivity index (χ2n) is 8.85. The number of aliphatic hydroxyl groups is 1. The minimum absolute atomic E-state index is 0.0316. The fourth-order valence-electron chi connectivity index (χ4n) is 4.90. The number of likely N-dealkylation sites (tertiary alicyclic amines) is 1. The van der Waals surface area contributed by atoms with Crippen molar-refractivity contribution in [3.05, 3.63) is 57.3 Å². The number of nitrogens with zero attached hydrogens (tertiary/aromatic N) is 1. The maximum absolute atomic E-state index is 13.2. The highest BCUT2D eigenvalue weighted by atomic mass is 32.1. The lowest BCUT2D eigenvalue weighted by molar-refractivity contribution is -0.141. The highest BCUT2D eigenvalue weighted by Gasteiger charge is 2.49. The van der Waals surface area contributed by atoms with Crippen LogP contribution in [0.4, 0.5) is 0 Å². The molecule has 1 atom stereocenters. The summed E-state index contributed by atoms with van der Waals surface area (Å²) in [6.07, 6.45) is 5.07. The summed E-state index contributed by atoms with van der Waals surface area (Å²) >= 11 is 1.51. The lowest BCUT2D eigenvalue weighted by atomic mass is 9.92. The number of thiophene rings is 1. The molecule has 1 unspecified atom stereocenters. The number of ketones is 1. The zero-order valence-electron chi connectivity index (χ0n) is 19.0. The largest absolute Gasteiger partial charge is 0.507 e. The van der Waals surface area contributed by atoms with E-state index in [4.69, 9.17) is 4.74 Å². The van der Waals surface area contributed by atoms with Crippen LogP contribution in [0, 0.1) is 0 Å². The Hall–Kier alpha value is -2.60. The Morgan fingerprint density at radius 2 is 1.94 bits per heavy atom. The van der Waals surface area contributed by atoms with E-state index < -0.39 is 17.7 Å². The number of aliphatic hydroxyl groups excluding tert-OH is 1. The lowest BCUT2D eigenvalue weighted by Gasteiger charge is -2.34. The molecule has 32 heavy (non-hydrogen) atoms. The molecule has 1 saturated heterocycles. The quantitative estimate of drug-likeness (QED) is 0.330. The van der Waals surface area contributed by atoms with Crippen LogP contribution < -0.4 is 4.74 Å². The third kappa shape index (κ3) is 4.08. The van der Waals surface area contributed by atoms with Gasteiger partial charge in [-0.1, -0.05) is 39.2 Å². The molecule has 1 aromatic heterocycles. The average Bonchev–Trinajstić information content (AvgIpc) is 3.41. The molecular weight excluding hydrogens is 422 g/mol. The first-order valence-corrected chi connectivity index (χ1v) is 12.4. The first-order chi connectivity index (χ1) is 15.4. The Morgan fingerprint density at radius 1 is 1.19 bits per heavy atom. The van der Waals surface area contributed by atoms with Crippen molar-refractivity contribution in [2.45, 2.75) is 70.9 Å². The van der Waals surface area contributed by atoms with Crippen LogP contribution in [0.25, 0.3) is 5.76 Å². The zero-order valence-corrected chi connectivity index (χ0v) is 19.8. The van der Waals surface area contributed by atoms with Crippen molar-refractivity contribution in [3.63, 3.8) is 0 Å². The van der Waals surface area contributed by atoms with E-state index in [1.54, 1.807) is 11.0 Å². The molecule has 0 spiro atoms. The summed E-state index contributed by atoms with van der Waals surface area (Å²) in [5.41, 5.74) is 1.70. The molecule has 4 rings (SSSR count). The summed E-state index contributed by atoms with van der Waals surface area (Å²) in [5.74, 6) is -0.234. The van der Waals surface area contributed by atoms with Crippen LogP contribution in [0.5, 0.6) is 5.75 Å². The van der Waals surface area contributed by atoms with Crippen LogP contribution in [-0.2, 0) is 9.59 Å². The topological polar surface area (TPSA) is 66.8 Å². The second-order valence-corrected chi connectivity index (χ2v) is 9.83. The Labute approximate surface area is 193 Å². The number of rotatable bonds is 6. The van der Waals surface area contributed by atoms with E-state index in [2.05, 4.69) is 13.8 Å². The molecule has 1 aliphatic carbocycles. The molecule has 2 heterocycles. The summed E-state index contributed by atoms with van der Waals surface area (Å²) in [6, 6.07) is 8.86. The third-order valence-electron chi connectivity index (χ3n) is 6.47. The van der Waals surface area contributed by atoms with Gasteiger partial charge >= 0.3 is 0 Å². The number of benzene rings is 1. The van der Waals surface area contributed by atoms with Gasteiger partial charge < -0.3 is 14.7 Å². The van der Waals surface area contributed by atoms with Crippen molar-refractivity contribution < 1.29 is 19.4 Å². The zero-order chi connectivity index (χ0) is 22.8. The number of ether oxygens (including phenoxy) is 1. The molecule has 1 aromatic carbocycles. The molecule has 1 N–H and O–H groups in total. The van der Waals surface area contributed by atoms with Crippen LogP contribution in [0.2, 0.25) is 0 Å². The summed E-state index contributed by atoms with van der Waals surface area (Å²) in [5, 5.41) is 13.3. The Kier molecular flexibility index (Phi) is 6.70. The first kappa shape index (κ1) is 22.6. The predicted octanol–water partition coefficient (Wildman–Crippen LogP) is 6.02. The van der Waals surface area contributed by atoms with Crippen molar-refractivity contribution in [1.82, 2.24) is 4.90 Å². The standard InChI is InChI=1S/C26H31NO4S/c1-4-31-20-13-12-17(15-19(20)16(2)3)24(28)22-23(21-11-8-14-32-21)27(26(30)25(22)29)18-9-6-5-7-10-18/h8,11-16,18,23,28H,4-7,9-10H2,1-3H3/b24-22-. The van der Waals surface area contributed by atoms with E-state index in [0.29, 0.717) is 12.2 Å². The van der Waals surface area contributed by atoms with Gasteiger partial charge in [0.15, 0.2) is 0 Å². The lowest BCUT2D eigenvalue weighted by Crippen LogP contribution is -2.40. The van der Waals surface area contributed by atoms with Crippen LogP contribution >= 0.6 is 11.3 Å². The van der Waals surface area contributed by atoms with Gasteiger partial charge in [-0.3, -0.25) is 9.59 Å². The SMILES string of the molecule is CCOc1ccc(/C(O)=C2/C(=O)C(=O)N(C3CCCCC3)C2c2cccs2)cc1C(C)C. The van der Waals surface area contributed by atoms with Gasteiger partial charge in [-0.25, -0.2) is 0 Å². The molecule has 2 fully saturated rings. The van der Waals surface area contributed by atoms with E-state index >= 15 is 0 Å². The fraction of sp³-hybridized carbons (Fsp3) is 0.462. The molecule has 0 radical (unpaired) electrons. The molecule has 170 valence electrons. The molecule has 1 amide bonds. The average molecular weight is 454 g/mol. The molecule has 5 nitrogen and oxygen atoms in total. The van der Waals surface area contributed by atoms with E-state index in [0.717, 1.165) is 48.3 Å². The van der Waals surface area contributed by atoms with E-state index in [-0.39, 0.29) is 23.3 Å². The third-order valence-corrected chi connectivity index (χ3v) is 7.39. The molecule has 0 bridgehead atoms. The van der Waals surface area contributed by atoms with Gasteiger partial charge in [0.05, 0.1) is 18.2 Å². The van der Waals surface area contributed by atoms with Gasteiger partial charge in [-0.2, -0.15) is 0 Å². The fourth-order valence-corrected chi connectivity index (χ4v) is 5.73. The molecule has 1 aliphatic heterocycles. The van der Waals surface area contributed by atoms with Crippen molar-refractivity contribution in [2.75, 3.05) is 6.61 Å². The Morgan fingerprint density at radius 3 is 2.56 bits per heavy atom. The molecular formula is C26H31NO4S. The Balaban J connectivity index is 1.83. The van der Waals surface area contributed by atoms with Crippen LogP contribution in [0.1, 0.15) is 80.8 Å². The molecule has 1 saturated carbocycles. The van der Waals surface area contributed by atoms with Crippen LogP contribution in [0.3, 0.4) is 0 Å². The van der Waals surface area contributed by atoms with E-state index in [1.165, 1.54) is 11.3 Å². The second kappa shape index (κ2) is 9.49. The monoisotopic (exact) mass is 453 g/mol. The van der Waals surface area contributed by atoms with Gasteiger partial charge in [0.1, 0.15) is 11.5 Å². The minimum atomic E-state index is -0.591. The van der Waals surface area contributed by atoms with E-state index in [1.807, 2.05) is 36.6 Å². The van der Waals surface area contributed by atoms with Gasteiger partial charge in [0.2, 0.25) is 0 Å². The van der Waals surface area contributed by atoms with Crippen LogP contribution in [0.15, 0.2) is 41.3 Å². The van der Waals surface area contributed by atoms with Crippen LogP contribution in [-0.4, -0.2) is 34.3 Å². The van der Waals surface area contributed by atoms with Crippen molar-refractivity contribution in [1.29, 1.82) is 0 Å².